The molecule has 0 amide bonds. The number of hydrogen-bond acceptors (Lipinski definition) is 2. The molecular weight excluding hydrogens is 249 g/mol. The van der Waals surface area contributed by atoms with Crippen LogP contribution in [0.25, 0.3) is 0 Å². The average Bonchev–Trinajstić information content (AvgIpc) is 2.93. The predicted molar refractivity (Wildman–Crippen MR) is 49.6 cm³/mol. The summed E-state index contributed by atoms with van der Waals surface area (Å²) in [6.45, 7) is 0. The molecule has 1 N–H and O–H groups in total. The van der Waals surface area contributed by atoms with Gasteiger partial charge in [0.15, 0.2) is 0 Å². The maximum absolute atomic E-state index is 12.4. The monoisotopic (exact) mass is 254 g/mol. The number of nitrogens with one attached hydrogen (secondary N) is 1. The summed E-state index contributed by atoms with van der Waals surface area (Å²) < 4.78 is 37.8. The van der Waals surface area contributed by atoms with E-state index in [2.05, 4.69) is 0 Å². The maximum atomic E-state index is 12.4. The zero-order valence-electron chi connectivity index (χ0n) is 7.77. The Labute approximate surface area is 91.7 Å². The third-order valence-electron chi connectivity index (χ3n) is 2.27. The third kappa shape index (κ3) is 1.75. The molecule has 8 heteroatoms. The van der Waals surface area contributed by atoms with Crippen molar-refractivity contribution in [1.82, 2.24) is 9.55 Å². The van der Waals surface area contributed by atoms with Crippen molar-refractivity contribution < 1.29 is 13.2 Å². The van der Waals surface area contributed by atoms with E-state index in [0.717, 1.165) is 4.57 Å². The first-order valence-electron chi connectivity index (χ1n) is 4.44. The number of aromatic nitrogens is 2. The highest BCUT2D eigenvalue weighted by Crippen LogP contribution is 2.34. The van der Waals surface area contributed by atoms with Crippen molar-refractivity contribution in [3.05, 3.63) is 31.6 Å². The van der Waals surface area contributed by atoms with Crippen molar-refractivity contribution in [1.29, 1.82) is 0 Å². The molecule has 1 aromatic rings. The van der Waals surface area contributed by atoms with Crippen molar-refractivity contribution >= 4 is 11.6 Å². The lowest BCUT2D eigenvalue weighted by Gasteiger charge is -2.10. The van der Waals surface area contributed by atoms with Crippen molar-refractivity contribution in [2.75, 3.05) is 0 Å². The van der Waals surface area contributed by atoms with Crippen LogP contribution in [0.5, 0.6) is 0 Å². The van der Waals surface area contributed by atoms with E-state index in [-0.39, 0.29) is 6.04 Å². The zero-order valence-corrected chi connectivity index (χ0v) is 8.52. The van der Waals surface area contributed by atoms with E-state index in [1.807, 2.05) is 0 Å². The summed E-state index contributed by atoms with van der Waals surface area (Å²) in [6, 6.07) is -0.323. The summed E-state index contributed by atoms with van der Waals surface area (Å²) in [5.41, 5.74) is -3.63. The number of aromatic amines is 1. The summed E-state index contributed by atoms with van der Waals surface area (Å²) in [7, 11) is 0. The Morgan fingerprint density at radius 3 is 2.31 bits per heavy atom. The van der Waals surface area contributed by atoms with Crippen LogP contribution in [0.3, 0.4) is 0 Å². The summed E-state index contributed by atoms with van der Waals surface area (Å²) >= 11 is 5.30. The minimum absolute atomic E-state index is 0.323. The molecule has 16 heavy (non-hydrogen) atoms. The van der Waals surface area contributed by atoms with Gasteiger partial charge in [0.25, 0.3) is 5.56 Å². The molecule has 1 fully saturated rings. The van der Waals surface area contributed by atoms with Crippen molar-refractivity contribution in [3.63, 3.8) is 0 Å². The molecule has 1 aromatic heterocycles. The van der Waals surface area contributed by atoms with E-state index in [9.17, 15) is 22.8 Å². The largest absolute Gasteiger partial charge is 0.433 e. The van der Waals surface area contributed by atoms with Gasteiger partial charge in [0, 0.05) is 6.04 Å². The highest BCUT2D eigenvalue weighted by molar-refractivity contribution is 6.31. The number of halogens is 4. The van der Waals surface area contributed by atoms with Gasteiger partial charge >= 0.3 is 11.9 Å². The molecule has 0 unspecified atom stereocenters. The molecule has 1 saturated carbocycles. The van der Waals surface area contributed by atoms with Gasteiger partial charge in [-0.3, -0.25) is 9.36 Å². The van der Waals surface area contributed by atoms with E-state index in [1.165, 1.54) is 0 Å². The average molecular weight is 255 g/mol. The highest BCUT2D eigenvalue weighted by Gasteiger charge is 2.38. The normalized spacial score (nSPS) is 16.5. The Balaban J connectivity index is 2.70. The molecule has 0 radical (unpaired) electrons. The van der Waals surface area contributed by atoms with Gasteiger partial charge in [-0.25, -0.2) is 4.79 Å². The van der Waals surface area contributed by atoms with Gasteiger partial charge in [0.2, 0.25) is 0 Å². The Kier molecular flexibility index (Phi) is 2.37. The first kappa shape index (κ1) is 11.3. The molecular formula is C8H6ClF3N2O2. The molecule has 0 spiro atoms. The lowest BCUT2D eigenvalue weighted by molar-refractivity contribution is -0.141. The SMILES string of the molecule is O=c1[nH]c(C(F)(F)F)c(Cl)c(=O)n1C1CC1. The quantitative estimate of drug-likeness (QED) is 0.827. The fraction of sp³-hybridized carbons (Fsp3) is 0.500. The van der Waals surface area contributed by atoms with E-state index < -0.39 is 28.1 Å². The van der Waals surface area contributed by atoms with Crippen molar-refractivity contribution in [2.24, 2.45) is 0 Å². The van der Waals surface area contributed by atoms with Gasteiger partial charge in [-0.2, -0.15) is 13.2 Å². The van der Waals surface area contributed by atoms with Gasteiger partial charge in [-0.1, -0.05) is 11.6 Å². The fourth-order valence-electron chi connectivity index (χ4n) is 1.39. The first-order valence-corrected chi connectivity index (χ1v) is 4.81. The third-order valence-corrected chi connectivity index (χ3v) is 2.62. The van der Waals surface area contributed by atoms with E-state index >= 15 is 0 Å². The Hall–Kier alpha value is -1.24. The minimum atomic E-state index is -4.84. The molecule has 0 bridgehead atoms. The highest BCUT2D eigenvalue weighted by atomic mass is 35.5. The molecule has 1 heterocycles. The fourth-order valence-corrected chi connectivity index (χ4v) is 1.63. The number of nitrogens with zero attached hydrogens (tertiary/aromatic N) is 1. The van der Waals surface area contributed by atoms with Gasteiger partial charge in [0.1, 0.15) is 10.7 Å². The molecule has 0 aromatic carbocycles. The smallest absolute Gasteiger partial charge is 0.302 e. The zero-order chi connectivity index (χ0) is 12.1. The number of hydrogen-bond donors (Lipinski definition) is 1. The second-order valence-corrected chi connectivity index (χ2v) is 3.90. The van der Waals surface area contributed by atoms with Crippen LogP contribution >= 0.6 is 11.6 Å². The van der Waals surface area contributed by atoms with Crippen LogP contribution in [0.4, 0.5) is 13.2 Å². The van der Waals surface area contributed by atoms with Gasteiger partial charge in [-0.05, 0) is 12.8 Å². The van der Waals surface area contributed by atoms with Crippen LogP contribution in [-0.2, 0) is 6.18 Å². The molecule has 2 rings (SSSR count). The molecule has 88 valence electrons. The molecule has 1 aliphatic rings. The van der Waals surface area contributed by atoms with Crippen molar-refractivity contribution in [2.45, 2.75) is 25.1 Å². The van der Waals surface area contributed by atoms with Crippen LogP contribution in [0.1, 0.15) is 24.6 Å². The number of rotatable bonds is 1. The molecule has 0 saturated heterocycles. The minimum Gasteiger partial charge on any atom is -0.302 e. The Morgan fingerprint density at radius 1 is 1.31 bits per heavy atom. The van der Waals surface area contributed by atoms with Gasteiger partial charge in [0.05, 0.1) is 0 Å². The number of H-pyrrole nitrogens is 1. The molecule has 0 aliphatic heterocycles. The van der Waals surface area contributed by atoms with Crippen LogP contribution in [-0.4, -0.2) is 9.55 Å². The lowest BCUT2D eigenvalue weighted by Crippen LogP contribution is -2.37. The summed E-state index contributed by atoms with van der Waals surface area (Å²) in [6.07, 6.45) is -3.63. The van der Waals surface area contributed by atoms with E-state index in [1.54, 1.807) is 4.98 Å². The van der Waals surface area contributed by atoms with Crippen molar-refractivity contribution in [3.8, 4) is 0 Å². The Bertz CT molecular complexity index is 542. The maximum Gasteiger partial charge on any atom is 0.433 e. The van der Waals surface area contributed by atoms with Crippen LogP contribution in [0.2, 0.25) is 5.02 Å². The molecule has 4 nitrogen and oxygen atoms in total. The standard InChI is InChI=1S/C8H6ClF3N2O2/c9-4-5(8(10,11)12)13-7(16)14(6(4)15)3-1-2-3/h3H,1-2H2,(H,13,16). The van der Waals surface area contributed by atoms with E-state index in [0.29, 0.717) is 12.8 Å². The summed E-state index contributed by atoms with van der Waals surface area (Å²) in [5, 5.41) is -0.987. The molecule has 0 atom stereocenters. The summed E-state index contributed by atoms with van der Waals surface area (Å²) in [4.78, 5) is 24.3. The van der Waals surface area contributed by atoms with Crippen LogP contribution in [0, 0.1) is 0 Å². The van der Waals surface area contributed by atoms with Gasteiger partial charge in [-0.15, -0.1) is 0 Å². The summed E-state index contributed by atoms with van der Waals surface area (Å²) in [5.74, 6) is 0. The first-order chi connectivity index (χ1) is 7.32. The second-order valence-electron chi connectivity index (χ2n) is 3.52. The van der Waals surface area contributed by atoms with Crippen LogP contribution in [0.15, 0.2) is 9.59 Å². The predicted octanol–water partition coefficient (Wildman–Crippen LogP) is 1.54. The molecule has 1 aliphatic carbocycles. The van der Waals surface area contributed by atoms with Crippen LogP contribution < -0.4 is 11.2 Å². The lowest BCUT2D eigenvalue weighted by atomic mass is 10.4. The second kappa shape index (κ2) is 3.38. The number of alkyl halides is 3. The van der Waals surface area contributed by atoms with E-state index in [4.69, 9.17) is 11.6 Å². The van der Waals surface area contributed by atoms with Gasteiger partial charge < -0.3 is 4.98 Å². The topological polar surface area (TPSA) is 54.9 Å². The Morgan fingerprint density at radius 2 is 1.88 bits per heavy atom.